The van der Waals surface area contributed by atoms with Crippen LogP contribution in [0.15, 0.2) is 82.9 Å². The van der Waals surface area contributed by atoms with Crippen molar-refractivity contribution in [1.29, 1.82) is 0 Å². The molecule has 10 heteroatoms. The van der Waals surface area contributed by atoms with Crippen molar-refractivity contribution in [2.24, 2.45) is 9.98 Å². The smallest absolute Gasteiger partial charge is 0.260 e. The number of carbonyl (C=O) groups excluding carboxylic acids is 2. The molecule has 0 saturated heterocycles. The molecule has 266 valence electrons. The monoisotopic (exact) mass is 697 g/mol. The lowest BCUT2D eigenvalue weighted by Gasteiger charge is -2.32. The van der Waals surface area contributed by atoms with E-state index >= 15 is 0 Å². The molecule has 0 spiro atoms. The Morgan fingerprint density at radius 1 is 0.904 bits per heavy atom. The molecule has 2 amide bonds. The van der Waals surface area contributed by atoms with Crippen LogP contribution in [0.5, 0.6) is 17.2 Å². The van der Waals surface area contributed by atoms with Crippen LogP contribution in [-0.2, 0) is 17.8 Å². The van der Waals surface area contributed by atoms with Gasteiger partial charge in [-0.2, -0.15) is 0 Å². The number of methoxy groups -OCH3 is 1. The van der Waals surface area contributed by atoms with Gasteiger partial charge in [0.1, 0.15) is 5.75 Å². The highest BCUT2D eigenvalue weighted by Crippen LogP contribution is 2.38. The van der Waals surface area contributed by atoms with E-state index in [0.29, 0.717) is 73.2 Å². The van der Waals surface area contributed by atoms with Crippen molar-refractivity contribution in [2.45, 2.75) is 58.7 Å². The van der Waals surface area contributed by atoms with Gasteiger partial charge < -0.3 is 29.7 Å². The van der Waals surface area contributed by atoms with E-state index in [0.717, 1.165) is 34.4 Å². The van der Waals surface area contributed by atoms with Gasteiger partial charge in [0.15, 0.2) is 11.5 Å². The molecule has 0 fully saturated rings. The molecule has 4 aromatic carbocycles. The summed E-state index contributed by atoms with van der Waals surface area (Å²) < 4.78 is 17.9. The van der Waals surface area contributed by atoms with Crippen molar-refractivity contribution in [2.75, 3.05) is 26.1 Å². The van der Waals surface area contributed by atoms with Gasteiger partial charge in [-0.25, -0.2) is 0 Å². The predicted octanol–water partition coefficient (Wildman–Crippen LogP) is 7.31. The second-order valence-corrected chi connectivity index (χ2v) is 13.6. The Morgan fingerprint density at radius 2 is 1.69 bits per heavy atom. The standard InChI is InChI=1S/C42H43N5O5/c1-26-6-7-30-17-34(46(25-48)23-31(30)14-26)21-44-37-19-41(40(50-4)16-27(37)2)52-13-5-12-51-39-20-38-36(15-28(39)3)42(49)47-24-32(18-35(47)22-45-38)29-8-10-33(43)11-9-29/h6-11,14-16,19-22,24-25,34-35H,5,12-13,17-18,23,43H2,1-4H3. The first-order valence-corrected chi connectivity index (χ1v) is 17.6. The van der Waals surface area contributed by atoms with Crippen molar-refractivity contribution >= 4 is 47.4 Å². The van der Waals surface area contributed by atoms with Gasteiger partial charge >= 0.3 is 0 Å². The fourth-order valence-electron chi connectivity index (χ4n) is 6.94. The topological polar surface area (TPSA) is 119 Å². The third kappa shape index (κ3) is 7.14. The molecule has 52 heavy (non-hydrogen) atoms. The Morgan fingerprint density at radius 3 is 2.46 bits per heavy atom. The molecular weight excluding hydrogens is 654 g/mol. The highest BCUT2D eigenvalue weighted by Gasteiger charge is 2.33. The van der Waals surface area contributed by atoms with Crippen molar-refractivity contribution in [3.8, 4) is 17.2 Å². The van der Waals surface area contributed by atoms with Gasteiger partial charge in [-0.1, -0.05) is 35.9 Å². The number of nitrogen functional groups attached to an aromatic ring is 1. The number of nitrogens with two attached hydrogens (primary N) is 1. The van der Waals surface area contributed by atoms with Crippen LogP contribution in [0.2, 0.25) is 0 Å². The van der Waals surface area contributed by atoms with Crippen molar-refractivity contribution in [1.82, 2.24) is 9.80 Å². The first-order chi connectivity index (χ1) is 25.2. The average molecular weight is 698 g/mol. The van der Waals surface area contributed by atoms with Gasteiger partial charge in [0.2, 0.25) is 6.41 Å². The number of hydrogen-bond donors (Lipinski definition) is 1. The SMILES string of the molecule is COc1cc(C)c(N=CC2Cc3ccc(C)cc3CN2C=O)cc1OCCCOc1cc2c(cc1C)C(=O)N1C=C(c3ccc(N)cc3)CC1C=N2. The Kier molecular flexibility index (Phi) is 9.80. The Labute approximate surface area is 304 Å². The molecule has 2 N–H and O–H groups in total. The summed E-state index contributed by atoms with van der Waals surface area (Å²) in [4.78, 5) is 38.7. The van der Waals surface area contributed by atoms with E-state index in [2.05, 4.69) is 25.1 Å². The summed E-state index contributed by atoms with van der Waals surface area (Å²) in [6.07, 6.45) is 8.53. The van der Waals surface area contributed by atoms with Crippen molar-refractivity contribution < 1.29 is 23.8 Å². The summed E-state index contributed by atoms with van der Waals surface area (Å²) in [5.74, 6) is 1.80. The largest absolute Gasteiger partial charge is 0.493 e. The second kappa shape index (κ2) is 14.8. The second-order valence-electron chi connectivity index (χ2n) is 13.6. The molecule has 0 saturated carbocycles. The van der Waals surface area contributed by atoms with Gasteiger partial charge in [-0.05, 0) is 84.8 Å². The minimum absolute atomic E-state index is 0.0815. The van der Waals surface area contributed by atoms with E-state index in [1.807, 2.05) is 81.0 Å². The molecule has 0 aromatic heterocycles. The van der Waals surface area contributed by atoms with E-state index in [1.165, 1.54) is 16.7 Å². The van der Waals surface area contributed by atoms with Crippen molar-refractivity contribution in [3.63, 3.8) is 0 Å². The first-order valence-electron chi connectivity index (χ1n) is 17.6. The number of anilines is 1. The highest BCUT2D eigenvalue weighted by atomic mass is 16.5. The molecule has 3 aliphatic heterocycles. The number of carbonyl (C=O) groups is 2. The molecule has 2 unspecified atom stereocenters. The van der Waals surface area contributed by atoms with E-state index in [-0.39, 0.29) is 18.0 Å². The number of nitrogens with zero attached hydrogens (tertiary/aromatic N) is 4. The molecule has 0 aliphatic carbocycles. The fourth-order valence-corrected chi connectivity index (χ4v) is 6.94. The highest BCUT2D eigenvalue weighted by molar-refractivity contribution is 6.05. The van der Waals surface area contributed by atoms with E-state index in [4.69, 9.17) is 29.9 Å². The lowest BCUT2D eigenvalue weighted by atomic mass is 9.93. The van der Waals surface area contributed by atoms with Crippen LogP contribution in [0, 0.1) is 20.8 Å². The third-order valence-electron chi connectivity index (χ3n) is 9.88. The van der Waals surface area contributed by atoms with Crippen LogP contribution in [0.3, 0.4) is 0 Å². The number of hydrogen-bond acceptors (Lipinski definition) is 8. The van der Waals surface area contributed by atoms with Gasteiger partial charge in [0.05, 0.1) is 49.3 Å². The summed E-state index contributed by atoms with van der Waals surface area (Å²) in [5.41, 5.74) is 16.0. The van der Waals surface area contributed by atoms with Crippen molar-refractivity contribution in [3.05, 3.63) is 112 Å². The molecule has 7 rings (SSSR count). The maximum absolute atomic E-state index is 13.6. The van der Waals surface area contributed by atoms with Crippen LogP contribution in [0.1, 0.15) is 56.6 Å². The fraction of sp³-hybridized carbons (Fsp3) is 0.286. The molecule has 4 aromatic rings. The van der Waals surface area contributed by atoms with Crippen LogP contribution < -0.4 is 19.9 Å². The van der Waals surface area contributed by atoms with Gasteiger partial charge in [-0.3, -0.25) is 19.6 Å². The molecular formula is C42H43N5O5. The quantitative estimate of drug-likeness (QED) is 0.0760. The van der Waals surface area contributed by atoms with E-state index in [9.17, 15) is 9.59 Å². The first kappa shape index (κ1) is 34.5. The molecule has 3 heterocycles. The Hall–Kier alpha value is -5.90. The van der Waals surface area contributed by atoms with Gasteiger partial charge in [-0.15, -0.1) is 0 Å². The number of aryl methyl sites for hydroxylation is 3. The number of rotatable bonds is 11. The number of aliphatic imine (C=N–C) groups is 2. The van der Waals surface area contributed by atoms with E-state index in [1.54, 1.807) is 16.9 Å². The number of amides is 2. The lowest BCUT2D eigenvalue weighted by Crippen LogP contribution is -2.40. The maximum atomic E-state index is 13.6. The third-order valence-corrected chi connectivity index (χ3v) is 9.88. The van der Waals surface area contributed by atoms with Crippen LogP contribution in [-0.4, -0.2) is 67.0 Å². The summed E-state index contributed by atoms with van der Waals surface area (Å²) in [5, 5.41) is 0. The minimum Gasteiger partial charge on any atom is -0.493 e. The molecule has 0 bridgehead atoms. The Balaban J connectivity index is 0.970. The lowest BCUT2D eigenvalue weighted by molar-refractivity contribution is -0.119. The number of fused-ring (bicyclic) bond motifs is 3. The molecule has 0 radical (unpaired) electrons. The summed E-state index contributed by atoms with van der Waals surface area (Å²) in [6, 6.07) is 21.3. The molecule has 3 aliphatic rings. The maximum Gasteiger partial charge on any atom is 0.260 e. The Bertz CT molecular complexity index is 2100. The van der Waals surface area contributed by atoms with E-state index < -0.39 is 0 Å². The zero-order valence-electron chi connectivity index (χ0n) is 30.0. The zero-order chi connectivity index (χ0) is 36.4. The average Bonchev–Trinajstić information content (AvgIpc) is 3.53. The normalized spacial score (nSPS) is 17.7. The minimum atomic E-state index is -0.153. The zero-order valence-corrected chi connectivity index (χ0v) is 30.0. The van der Waals surface area contributed by atoms with Gasteiger partial charge in [0.25, 0.3) is 5.91 Å². The summed E-state index contributed by atoms with van der Waals surface area (Å²) in [6.45, 7) is 7.33. The number of benzene rings is 4. The molecule has 10 nitrogen and oxygen atoms in total. The van der Waals surface area contributed by atoms with Crippen LogP contribution in [0.4, 0.5) is 17.1 Å². The van der Waals surface area contributed by atoms with Crippen LogP contribution in [0.25, 0.3) is 5.57 Å². The van der Waals surface area contributed by atoms with Crippen LogP contribution >= 0.6 is 0 Å². The summed E-state index contributed by atoms with van der Waals surface area (Å²) >= 11 is 0. The summed E-state index contributed by atoms with van der Waals surface area (Å²) in [7, 11) is 1.62. The molecule has 2 atom stereocenters. The predicted molar refractivity (Wildman–Crippen MR) is 205 cm³/mol. The number of ether oxygens (including phenoxy) is 3. The van der Waals surface area contributed by atoms with Gasteiger partial charge in [0, 0.05) is 55.8 Å².